The lowest BCUT2D eigenvalue weighted by Crippen LogP contribution is -2.30. The van der Waals surface area contributed by atoms with Crippen LogP contribution in [0.25, 0.3) is 0 Å². The molecule has 0 N–H and O–H groups in total. The van der Waals surface area contributed by atoms with Gasteiger partial charge in [0.05, 0.1) is 0 Å². The molecule has 0 aliphatic rings. The Bertz CT molecular complexity index is 1670. The van der Waals surface area contributed by atoms with E-state index in [1.54, 1.807) is 0 Å². The molecule has 0 aromatic carbocycles. The lowest BCUT2D eigenvalue weighted by atomic mass is 10.1. The van der Waals surface area contributed by atoms with Crippen LogP contribution in [0.3, 0.4) is 0 Å². The molecule has 0 aromatic rings. The first kappa shape index (κ1) is 76.8. The average Bonchev–Trinajstić information content (AvgIpc) is 3.47. The van der Waals surface area contributed by atoms with Crippen molar-refractivity contribution in [2.24, 2.45) is 0 Å². The van der Waals surface area contributed by atoms with E-state index in [2.05, 4.69) is 142 Å². The van der Waals surface area contributed by atoms with Crippen molar-refractivity contribution in [3.8, 4) is 0 Å². The van der Waals surface area contributed by atoms with E-state index in [-0.39, 0.29) is 31.1 Å². The summed E-state index contributed by atoms with van der Waals surface area (Å²) in [6, 6.07) is 0. The van der Waals surface area contributed by atoms with Crippen LogP contribution in [-0.4, -0.2) is 37.2 Å². The van der Waals surface area contributed by atoms with E-state index >= 15 is 0 Å². The third kappa shape index (κ3) is 66.5. The monoisotopic (exact) mass is 1120 g/mol. The van der Waals surface area contributed by atoms with Crippen LogP contribution in [-0.2, 0) is 28.6 Å². The summed E-state index contributed by atoms with van der Waals surface area (Å²) < 4.78 is 17.0. The summed E-state index contributed by atoms with van der Waals surface area (Å²) >= 11 is 0. The van der Waals surface area contributed by atoms with Crippen molar-refractivity contribution in [1.82, 2.24) is 0 Å². The highest BCUT2D eigenvalue weighted by Gasteiger charge is 2.19. The summed E-state index contributed by atoms with van der Waals surface area (Å²) in [7, 11) is 0. The molecule has 0 amide bonds. The Labute approximate surface area is 501 Å². The summed E-state index contributed by atoms with van der Waals surface area (Å²) in [4.78, 5) is 38.5. The molecule has 0 saturated heterocycles. The Morgan fingerprint density at radius 2 is 0.481 bits per heavy atom. The van der Waals surface area contributed by atoms with Crippen molar-refractivity contribution in [3.05, 3.63) is 122 Å². The maximum Gasteiger partial charge on any atom is 0.306 e. The molecule has 0 aromatic heterocycles. The lowest BCUT2D eigenvalue weighted by molar-refractivity contribution is -0.167. The molecular formula is C75H126O6. The van der Waals surface area contributed by atoms with Crippen LogP contribution in [0.5, 0.6) is 0 Å². The quantitative estimate of drug-likeness (QED) is 0.0261. The van der Waals surface area contributed by atoms with Crippen LogP contribution in [0.2, 0.25) is 0 Å². The molecule has 6 nitrogen and oxygen atoms in total. The number of esters is 3. The van der Waals surface area contributed by atoms with Gasteiger partial charge in [-0.3, -0.25) is 14.4 Å². The summed E-state index contributed by atoms with van der Waals surface area (Å²) in [6.07, 6.45) is 94.8. The second kappa shape index (κ2) is 68.3. The van der Waals surface area contributed by atoms with Gasteiger partial charge < -0.3 is 14.2 Å². The summed E-state index contributed by atoms with van der Waals surface area (Å²) in [5.74, 6) is -0.919. The summed E-state index contributed by atoms with van der Waals surface area (Å²) in [5, 5.41) is 0. The first-order valence-corrected chi connectivity index (χ1v) is 34.0. The molecule has 0 bridgehead atoms. The zero-order valence-corrected chi connectivity index (χ0v) is 53.0. The third-order valence-electron chi connectivity index (χ3n) is 14.4. The minimum atomic E-state index is -0.800. The minimum Gasteiger partial charge on any atom is -0.462 e. The zero-order chi connectivity index (χ0) is 58.5. The average molecular weight is 1120 g/mol. The van der Waals surface area contributed by atoms with Crippen LogP contribution in [0.4, 0.5) is 0 Å². The highest BCUT2D eigenvalue weighted by molar-refractivity contribution is 5.71. The van der Waals surface area contributed by atoms with Gasteiger partial charge in [0, 0.05) is 19.3 Å². The standard InChI is InChI=1S/C75H126O6/c1-4-7-10-13-16-19-22-25-28-31-34-37-40-43-46-49-52-55-58-61-64-67-73(76)79-70-72(81-75(78)69-66-63-60-57-54-51-48-45-42-39-36-33-30-27-24-21-18-15-12-9-6-3)71-80-74(77)68-65-62-59-56-53-50-47-44-41-38-35-32-29-26-23-20-17-14-11-8-5-2/h7,10,16,19,23-28,32-37,41-42,44-45,72H,4-6,8-9,11-15,17-18,20-22,29-31,38-40,43,46-71H2,1-3H3/b10-7-,19-16-,26-23-,27-24-,28-25-,35-32-,36-33-,37-34-,44-41-,45-42-. The summed E-state index contributed by atoms with van der Waals surface area (Å²) in [6.45, 7) is 6.50. The van der Waals surface area contributed by atoms with Crippen molar-refractivity contribution >= 4 is 17.9 Å². The van der Waals surface area contributed by atoms with E-state index < -0.39 is 6.10 Å². The number of hydrogen-bond donors (Lipinski definition) is 0. The fourth-order valence-corrected chi connectivity index (χ4v) is 9.33. The van der Waals surface area contributed by atoms with Gasteiger partial charge in [0.25, 0.3) is 0 Å². The second-order valence-corrected chi connectivity index (χ2v) is 22.3. The second-order valence-electron chi connectivity index (χ2n) is 22.3. The van der Waals surface area contributed by atoms with Gasteiger partial charge in [-0.05, 0) is 135 Å². The van der Waals surface area contributed by atoms with E-state index in [0.29, 0.717) is 19.3 Å². The van der Waals surface area contributed by atoms with Crippen molar-refractivity contribution in [3.63, 3.8) is 0 Å². The van der Waals surface area contributed by atoms with Gasteiger partial charge in [-0.25, -0.2) is 0 Å². The molecule has 6 heteroatoms. The topological polar surface area (TPSA) is 78.9 Å². The predicted octanol–water partition coefficient (Wildman–Crippen LogP) is 23.6. The van der Waals surface area contributed by atoms with Crippen LogP contribution >= 0.6 is 0 Å². The molecule has 0 radical (unpaired) electrons. The molecule has 0 fully saturated rings. The summed E-state index contributed by atoms with van der Waals surface area (Å²) in [5.41, 5.74) is 0. The number of ether oxygens (including phenoxy) is 3. The SMILES string of the molecule is CC/C=C\C/C=C\C/C=C\C/C=C\CCCCCCCCCCC(=O)OCC(COC(=O)CCCCCCCC/C=C\C/C=C\C/C=C\CCCCCCC)OC(=O)CCCCCCCC/C=C\C/C=C\C/C=C\CCCCCCC. The van der Waals surface area contributed by atoms with Crippen LogP contribution in [0.15, 0.2) is 122 Å². The van der Waals surface area contributed by atoms with Gasteiger partial charge in [-0.1, -0.05) is 284 Å². The van der Waals surface area contributed by atoms with E-state index in [0.717, 1.165) is 135 Å². The van der Waals surface area contributed by atoms with E-state index in [1.165, 1.54) is 141 Å². The van der Waals surface area contributed by atoms with Gasteiger partial charge in [0.2, 0.25) is 0 Å². The van der Waals surface area contributed by atoms with Crippen molar-refractivity contribution < 1.29 is 28.6 Å². The molecular weight excluding hydrogens is 997 g/mol. The Balaban J connectivity index is 4.47. The van der Waals surface area contributed by atoms with Crippen LogP contribution < -0.4 is 0 Å². The van der Waals surface area contributed by atoms with Crippen LogP contribution in [0, 0.1) is 0 Å². The van der Waals surface area contributed by atoms with E-state index in [4.69, 9.17) is 14.2 Å². The molecule has 0 aliphatic carbocycles. The number of carbonyl (C=O) groups is 3. The molecule has 0 aliphatic heterocycles. The maximum absolute atomic E-state index is 13.0. The Morgan fingerprint density at radius 3 is 0.753 bits per heavy atom. The Kier molecular flexibility index (Phi) is 64.8. The Morgan fingerprint density at radius 1 is 0.259 bits per heavy atom. The fourth-order valence-electron chi connectivity index (χ4n) is 9.33. The number of hydrogen-bond acceptors (Lipinski definition) is 6. The predicted molar refractivity (Wildman–Crippen MR) is 353 cm³/mol. The van der Waals surface area contributed by atoms with Crippen LogP contribution in [0.1, 0.15) is 316 Å². The number of rotatable bonds is 61. The third-order valence-corrected chi connectivity index (χ3v) is 14.4. The highest BCUT2D eigenvalue weighted by Crippen LogP contribution is 2.15. The largest absolute Gasteiger partial charge is 0.462 e. The Hall–Kier alpha value is -4.19. The van der Waals surface area contributed by atoms with Gasteiger partial charge >= 0.3 is 17.9 Å². The fraction of sp³-hybridized carbons (Fsp3) is 0.693. The van der Waals surface area contributed by atoms with Crippen molar-refractivity contribution in [2.45, 2.75) is 322 Å². The van der Waals surface area contributed by atoms with Gasteiger partial charge in [0.1, 0.15) is 13.2 Å². The smallest absolute Gasteiger partial charge is 0.306 e. The molecule has 0 spiro atoms. The zero-order valence-electron chi connectivity index (χ0n) is 53.0. The lowest BCUT2D eigenvalue weighted by Gasteiger charge is -2.18. The van der Waals surface area contributed by atoms with Crippen molar-refractivity contribution in [1.29, 1.82) is 0 Å². The molecule has 0 rings (SSSR count). The number of carbonyl (C=O) groups excluding carboxylic acids is 3. The number of unbranched alkanes of at least 4 members (excludes halogenated alkanes) is 30. The maximum atomic E-state index is 13.0. The van der Waals surface area contributed by atoms with Gasteiger partial charge in [-0.2, -0.15) is 0 Å². The molecule has 0 saturated carbocycles. The van der Waals surface area contributed by atoms with E-state index in [9.17, 15) is 14.4 Å². The number of allylic oxidation sites excluding steroid dienone is 20. The first-order chi connectivity index (χ1) is 40.0. The molecule has 81 heavy (non-hydrogen) atoms. The van der Waals surface area contributed by atoms with Gasteiger partial charge in [-0.15, -0.1) is 0 Å². The normalized spacial score (nSPS) is 12.9. The van der Waals surface area contributed by atoms with E-state index in [1.807, 2.05) is 0 Å². The molecule has 462 valence electrons. The molecule has 1 unspecified atom stereocenters. The highest BCUT2D eigenvalue weighted by atomic mass is 16.6. The molecule has 1 atom stereocenters. The van der Waals surface area contributed by atoms with Crippen molar-refractivity contribution in [2.75, 3.05) is 13.2 Å². The molecule has 0 heterocycles. The first-order valence-electron chi connectivity index (χ1n) is 34.0. The minimum absolute atomic E-state index is 0.0943. The van der Waals surface area contributed by atoms with Gasteiger partial charge in [0.15, 0.2) is 6.10 Å².